The zero-order valence-corrected chi connectivity index (χ0v) is 21.8. The second-order valence-corrected chi connectivity index (χ2v) is 8.23. The van der Waals surface area contributed by atoms with Crippen LogP contribution in [0.15, 0.2) is 30.5 Å². The van der Waals surface area contributed by atoms with Crippen LogP contribution >= 0.6 is 11.6 Å². The minimum atomic E-state index is -0.0844. The lowest BCUT2D eigenvalue weighted by molar-refractivity contribution is -0.890. The maximum Gasteiger partial charge on any atom is 0.305 e. The van der Waals surface area contributed by atoms with Crippen molar-refractivity contribution < 1.29 is 52.5 Å². The summed E-state index contributed by atoms with van der Waals surface area (Å²) in [5, 5.41) is 1.97. The molecule has 1 aromatic carbocycles. The monoisotopic (exact) mass is 550 g/mol. The minimum Gasteiger partial charge on any atom is -1.00 e. The van der Waals surface area contributed by atoms with Gasteiger partial charge in [0.2, 0.25) is 5.52 Å². The highest BCUT2D eigenvalue weighted by molar-refractivity contribution is 6.35. The summed E-state index contributed by atoms with van der Waals surface area (Å²) in [4.78, 5) is 11.5. The molecule has 0 spiro atoms. The van der Waals surface area contributed by atoms with Crippen LogP contribution in [-0.4, -0.2) is 44.2 Å². The molecule has 0 atom stereocenters. The number of hydrogen-bond donors (Lipinski definition) is 0. The van der Waals surface area contributed by atoms with Crippen molar-refractivity contribution in [1.29, 1.82) is 0 Å². The van der Waals surface area contributed by atoms with E-state index in [0.717, 1.165) is 53.8 Å². The van der Waals surface area contributed by atoms with Crippen LogP contribution < -0.4 is 38.5 Å². The maximum atomic E-state index is 11.5. The molecule has 0 aliphatic rings. The van der Waals surface area contributed by atoms with Gasteiger partial charge in [-0.15, -0.1) is 0 Å². The van der Waals surface area contributed by atoms with Crippen LogP contribution in [0.25, 0.3) is 10.9 Å². The van der Waals surface area contributed by atoms with E-state index < -0.39 is 0 Å². The van der Waals surface area contributed by atoms with E-state index in [0.29, 0.717) is 13.0 Å². The quantitative estimate of drug-likeness (QED) is 0.152. The number of hydrogen-bond acceptors (Lipinski definition) is 2. The Hall–Kier alpha value is -0.690. The highest BCUT2D eigenvalue weighted by Gasteiger charge is 2.17. The van der Waals surface area contributed by atoms with Gasteiger partial charge >= 0.3 is 5.97 Å². The Balaban J connectivity index is 0.00000392. The van der Waals surface area contributed by atoms with Gasteiger partial charge < -0.3 is 43.2 Å². The summed E-state index contributed by atoms with van der Waals surface area (Å²) in [6.07, 6.45) is 5.82. The summed E-state index contributed by atoms with van der Waals surface area (Å²) in [7, 11) is 4.47. The molecular formula is C22H33Br2ClN2O2. The predicted octanol–water partition coefficient (Wildman–Crippen LogP) is -1.70. The number of halogens is 3. The van der Waals surface area contributed by atoms with Crippen LogP contribution in [-0.2, 0) is 16.1 Å². The van der Waals surface area contributed by atoms with E-state index in [9.17, 15) is 4.79 Å². The average molecular weight is 553 g/mol. The summed E-state index contributed by atoms with van der Waals surface area (Å²) < 4.78 is 8.23. The van der Waals surface area contributed by atoms with Crippen LogP contribution in [0, 0.1) is 6.92 Å². The molecule has 0 amide bonds. The van der Waals surface area contributed by atoms with Crippen LogP contribution in [0.2, 0.25) is 5.02 Å². The number of carbonyl (C=O) groups excluding carboxylic acids is 1. The van der Waals surface area contributed by atoms with Crippen LogP contribution in [0.3, 0.4) is 0 Å². The lowest BCUT2D eigenvalue weighted by Crippen LogP contribution is -3.00. The van der Waals surface area contributed by atoms with Crippen LogP contribution in [0.1, 0.15) is 38.2 Å². The number of fused-ring (bicyclic) bond motifs is 1. The van der Waals surface area contributed by atoms with Gasteiger partial charge in [0.15, 0.2) is 6.20 Å². The molecule has 1 heterocycles. The largest absolute Gasteiger partial charge is 1.00 e. The lowest BCUT2D eigenvalue weighted by Gasteiger charge is -2.29. The minimum absolute atomic E-state index is 0. The predicted molar refractivity (Wildman–Crippen MR) is 111 cm³/mol. The standard InChI is InChI=1S/C22H33ClN2O2.2BrH/c1-5-27-21(26)12-9-17-25(3,4)16-7-6-14-24-15-13-18(2)22-19(23)10-8-11-20(22)24;;/h8,10-11,13,15H,5-7,9,12,14,16-17H2,1-4H3;2*1H/q+2;;/p-2. The molecule has 2 rings (SSSR count). The van der Waals surface area contributed by atoms with Gasteiger partial charge in [0.25, 0.3) is 0 Å². The lowest BCUT2D eigenvalue weighted by atomic mass is 10.1. The van der Waals surface area contributed by atoms with Gasteiger partial charge in [-0.2, -0.15) is 4.57 Å². The first-order chi connectivity index (χ1) is 12.8. The molecule has 0 N–H and O–H groups in total. The van der Waals surface area contributed by atoms with E-state index in [1.807, 2.05) is 19.1 Å². The number of esters is 1. The van der Waals surface area contributed by atoms with Gasteiger partial charge in [0.1, 0.15) is 6.54 Å². The molecule has 4 nitrogen and oxygen atoms in total. The second-order valence-electron chi connectivity index (χ2n) is 7.82. The van der Waals surface area contributed by atoms with Crippen molar-refractivity contribution >= 4 is 28.5 Å². The van der Waals surface area contributed by atoms with E-state index in [1.54, 1.807) is 0 Å². The molecule has 0 fully saturated rings. The van der Waals surface area contributed by atoms with Crippen molar-refractivity contribution in [3.8, 4) is 0 Å². The fourth-order valence-electron chi connectivity index (χ4n) is 3.52. The van der Waals surface area contributed by atoms with E-state index in [4.69, 9.17) is 16.3 Å². The number of aryl methyl sites for hydroxylation is 2. The van der Waals surface area contributed by atoms with E-state index in [2.05, 4.69) is 43.9 Å². The molecular weight excluding hydrogens is 520 g/mol. The number of nitrogens with zero attached hydrogens (tertiary/aromatic N) is 2. The van der Waals surface area contributed by atoms with Crippen LogP contribution in [0.4, 0.5) is 0 Å². The SMILES string of the molecule is CCOC(=O)CCC[N+](C)(C)CCCC[n+]1ccc(C)c2c(Cl)cccc21.[Br-].[Br-]. The first-order valence-electron chi connectivity index (χ1n) is 9.89. The third kappa shape index (κ3) is 8.91. The van der Waals surface area contributed by atoms with Crippen molar-refractivity contribution in [1.82, 2.24) is 0 Å². The number of benzene rings is 1. The number of unbranched alkanes of at least 4 members (excludes halogenated alkanes) is 1. The molecule has 0 aliphatic carbocycles. The number of carbonyl (C=O) groups is 1. The fourth-order valence-corrected chi connectivity index (χ4v) is 3.84. The van der Waals surface area contributed by atoms with Gasteiger partial charge in [0.05, 0.1) is 50.6 Å². The molecule has 7 heteroatoms. The Morgan fingerprint density at radius 1 is 1.10 bits per heavy atom. The van der Waals surface area contributed by atoms with Crippen LogP contribution in [0.5, 0.6) is 0 Å². The summed E-state index contributed by atoms with van der Waals surface area (Å²) >= 11 is 6.40. The number of ether oxygens (including phenoxy) is 1. The number of quaternary nitrogens is 1. The van der Waals surface area contributed by atoms with Gasteiger partial charge in [-0.05, 0) is 25.5 Å². The molecule has 0 unspecified atom stereocenters. The Morgan fingerprint density at radius 2 is 1.79 bits per heavy atom. The number of aromatic nitrogens is 1. The van der Waals surface area contributed by atoms with Crippen molar-refractivity contribution in [2.75, 3.05) is 33.8 Å². The van der Waals surface area contributed by atoms with Crippen molar-refractivity contribution in [2.24, 2.45) is 0 Å². The van der Waals surface area contributed by atoms with Gasteiger partial charge in [0, 0.05) is 31.4 Å². The first-order valence-corrected chi connectivity index (χ1v) is 10.3. The van der Waals surface area contributed by atoms with Gasteiger partial charge in [-0.25, -0.2) is 0 Å². The maximum absolute atomic E-state index is 11.5. The van der Waals surface area contributed by atoms with Gasteiger partial charge in [-0.3, -0.25) is 4.79 Å². The normalized spacial score (nSPS) is 10.9. The third-order valence-corrected chi connectivity index (χ3v) is 5.38. The average Bonchev–Trinajstić information content (AvgIpc) is 2.60. The number of rotatable bonds is 10. The first kappa shape index (κ1) is 28.3. The Morgan fingerprint density at radius 3 is 2.48 bits per heavy atom. The van der Waals surface area contributed by atoms with Crippen molar-refractivity contribution in [3.05, 3.63) is 41.0 Å². The van der Waals surface area contributed by atoms with E-state index in [1.165, 1.54) is 11.1 Å². The molecule has 1 aromatic heterocycles. The van der Waals surface area contributed by atoms with Crippen molar-refractivity contribution in [3.63, 3.8) is 0 Å². The Labute approximate surface area is 201 Å². The topological polar surface area (TPSA) is 30.2 Å². The molecule has 0 saturated heterocycles. The Kier molecular flexibility index (Phi) is 13.3. The molecule has 0 bridgehead atoms. The zero-order chi connectivity index (χ0) is 19.9. The molecule has 0 saturated carbocycles. The highest BCUT2D eigenvalue weighted by atomic mass is 79.9. The molecule has 0 aliphatic heterocycles. The fraction of sp³-hybridized carbons (Fsp3) is 0.545. The molecule has 2 aromatic rings. The highest BCUT2D eigenvalue weighted by Crippen LogP contribution is 2.24. The zero-order valence-electron chi connectivity index (χ0n) is 17.9. The third-order valence-electron chi connectivity index (χ3n) is 5.06. The summed E-state index contributed by atoms with van der Waals surface area (Å²) in [6.45, 7) is 7.51. The number of pyridine rings is 1. The molecule has 0 radical (unpaired) electrons. The van der Waals surface area contributed by atoms with Gasteiger partial charge in [-0.1, -0.05) is 17.7 Å². The molecule has 164 valence electrons. The van der Waals surface area contributed by atoms with E-state index in [-0.39, 0.29) is 39.9 Å². The summed E-state index contributed by atoms with van der Waals surface area (Å²) in [5.74, 6) is -0.0844. The summed E-state index contributed by atoms with van der Waals surface area (Å²) in [5.41, 5.74) is 2.41. The smallest absolute Gasteiger partial charge is 0.305 e. The Bertz CT molecular complexity index is 776. The molecule has 29 heavy (non-hydrogen) atoms. The summed E-state index contributed by atoms with van der Waals surface area (Å²) in [6, 6.07) is 8.26. The van der Waals surface area contributed by atoms with Crippen molar-refractivity contribution in [2.45, 2.75) is 46.1 Å². The second kappa shape index (κ2) is 13.6. The van der Waals surface area contributed by atoms with E-state index >= 15 is 0 Å².